The fraction of sp³-hybridized carbons (Fsp3) is 0.316. The molecule has 0 spiro atoms. The monoisotopic (exact) mass is 341 g/mol. The largest absolute Gasteiger partial charge is 0.453 e. The summed E-state index contributed by atoms with van der Waals surface area (Å²) in [4.78, 5) is 14.0. The van der Waals surface area contributed by atoms with Crippen LogP contribution in [0, 0.1) is 0 Å². The molecule has 6 heteroatoms. The molecule has 132 valence electrons. The molecule has 0 atom stereocenters. The number of carbonyl (C=O) groups excluding carboxylic acids is 1. The van der Waals surface area contributed by atoms with Gasteiger partial charge in [0.25, 0.3) is 0 Å². The van der Waals surface area contributed by atoms with Crippen LogP contribution in [-0.2, 0) is 11.3 Å². The molecule has 0 unspecified atom stereocenters. The van der Waals surface area contributed by atoms with Gasteiger partial charge in [-0.3, -0.25) is 10.0 Å². The zero-order valence-electron chi connectivity index (χ0n) is 14.5. The quantitative estimate of drug-likeness (QED) is 0.530. The second-order valence-corrected chi connectivity index (χ2v) is 6.41. The summed E-state index contributed by atoms with van der Waals surface area (Å²) in [6.07, 6.45) is 1.04. The Morgan fingerprint density at radius 1 is 1.12 bits per heavy atom. The summed E-state index contributed by atoms with van der Waals surface area (Å²) >= 11 is 0. The topological polar surface area (TPSA) is 65.0 Å². The molecule has 0 aromatic heterocycles. The molecular formula is C19H23N3O3. The van der Waals surface area contributed by atoms with E-state index in [4.69, 9.17) is 4.74 Å². The van der Waals surface area contributed by atoms with Crippen LogP contribution in [0.25, 0.3) is 0 Å². The molecule has 0 saturated carbocycles. The van der Waals surface area contributed by atoms with Gasteiger partial charge in [0.05, 0.1) is 17.9 Å². The highest BCUT2D eigenvalue weighted by Gasteiger charge is 2.17. The van der Waals surface area contributed by atoms with E-state index in [-0.39, 0.29) is 12.5 Å². The summed E-state index contributed by atoms with van der Waals surface area (Å²) in [5.74, 6) is 1.17. The average molecular weight is 341 g/mol. The van der Waals surface area contributed by atoms with Gasteiger partial charge < -0.3 is 15.0 Å². The number of anilines is 2. The van der Waals surface area contributed by atoms with Crippen LogP contribution in [0.5, 0.6) is 11.5 Å². The highest BCUT2D eigenvalue weighted by molar-refractivity contribution is 5.76. The molecule has 1 aliphatic rings. The Hall–Kier alpha value is -2.57. The van der Waals surface area contributed by atoms with Crippen molar-refractivity contribution in [2.24, 2.45) is 0 Å². The first kappa shape index (κ1) is 17.3. The van der Waals surface area contributed by atoms with E-state index in [9.17, 15) is 10.0 Å². The number of nitrogens with one attached hydrogen (secondary N) is 1. The van der Waals surface area contributed by atoms with Gasteiger partial charge in [-0.05, 0) is 56.9 Å². The lowest BCUT2D eigenvalue weighted by Crippen LogP contribution is -2.27. The number of fused-ring (bicyclic) bond motifs is 2. The summed E-state index contributed by atoms with van der Waals surface area (Å²) < 4.78 is 5.90. The van der Waals surface area contributed by atoms with Gasteiger partial charge >= 0.3 is 0 Å². The number of carbonyl (C=O) groups is 1. The Kier molecular flexibility index (Phi) is 5.21. The van der Waals surface area contributed by atoms with E-state index in [1.54, 1.807) is 0 Å². The van der Waals surface area contributed by atoms with Crippen molar-refractivity contribution >= 4 is 17.3 Å². The van der Waals surface area contributed by atoms with Gasteiger partial charge in [-0.15, -0.1) is 0 Å². The van der Waals surface area contributed by atoms with Crippen LogP contribution >= 0.6 is 0 Å². The molecular weight excluding hydrogens is 318 g/mol. The fourth-order valence-corrected chi connectivity index (χ4v) is 2.71. The Bertz CT molecular complexity index is 761. The van der Waals surface area contributed by atoms with Crippen molar-refractivity contribution in [2.75, 3.05) is 26.0 Å². The van der Waals surface area contributed by atoms with Gasteiger partial charge in [0, 0.05) is 6.42 Å². The molecule has 2 aromatic carbocycles. The van der Waals surface area contributed by atoms with Gasteiger partial charge in [-0.1, -0.05) is 18.2 Å². The molecule has 6 nitrogen and oxygen atoms in total. The third-order valence-corrected chi connectivity index (χ3v) is 4.04. The van der Waals surface area contributed by atoms with E-state index in [1.165, 1.54) is 0 Å². The Balaban J connectivity index is 1.62. The van der Waals surface area contributed by atoms with E-state index in [0.29, 0.717) is 12.2 Å². The van der Waals surface area contributed by atoms with Crippen LogP contribution in [0.1, 0.15) is 18.4 Å². The minimum Gasteiger partial charge on any atom is -0.453 e. The predicted octanol–water partition coefficient (Wildman–Crippen LogP) is 3.60. The molecule has 0 fully saturated rings. The SMILES string of the molecule is CN(C)CCCC(=O)N(O)Cc1ccc2c(c1)Oc1ccccc1N2. The smallest absolute Gasteiger partial charge is 0.246 e. The zero-order chi connectivity index (χ0) is 17.8. The first-order valence-corrected chi connectivity index (χ1v) is 8.34. The van der Waals surface area contributed by atoms with Crippen molar-refractivity contribution in [3.8, 4) is 11.5 Å². The lowest BCUT2D eigenvalue weighted by atomic mass is 10.1. The standard InChI is InChI=1S/C19H23N3O3/c1-21(2)11-5-8-19(23)22(24)13-14-9-10-16-18(12-14)25-17-7-4-3-6-15(17)20-16/h3-4,6-7,9-10,12,20,24H,5,8,11,13H2,1-2H3. The van der Waals surface area contributed by atoms with Gasteiger partial charge in [-0.25, -0.2) is 5.06 Å². The minimum atomic E-state index is -0.274. The van der Waals surface area contributed by atoms with E-state index in [0.717, 1.165) is 40.7 Å². The Morgan fingerprint density at radius 2 is 1.88 bits per heavy atom. The number of hydroxylamine groups is 2. The van der Waals surface area contributed by atoms with Crippen molar-refractivity contribution in [1.82, 2.24) is 9.96 Å². The molecule has 0 saturated heterocycles. The molecule has 0 radical (unpaired) electrons. The second kappa shape index (κ2) is 7.55. The van der Waals surface area contributed by atoms with E-state index in [2.05, 4.69) is 5.32 Å². The van der Waals surface area contributed by atoms with E-state index in [1.807, 2.05) is 61.5 Å². The summed E-state index contributed by atoms with van der Waals surface area (Å²) in [6.45, 7) is 0.955. The Labute approximate surface area is 147 Å². The molecule has 0 aliphatic carbocycles. The number of nitrogens with zero attached hydrogens (tertiary/aromatic N) is 2. The maximum Gasteiger partial charge on any atom is 0.246 e. The summed E-state index contributed by atoms with van der Waals surface area (Å²) in [5, 5.41) is 14.1. The molecule has 1 amide bonds. The molecule has 3 rings (SSSR count). The number of hydrogen-bond acceptors (Lipinski definition) is 5. The van der Waals surface area contributed by atoms with Crippen LogP contribution in [0.3, 0.4) is 0 Å². The number of benzene rings is 2. The van der Waals surface area contributed by atoms with Crippen molar-refractivity contribution in [3.05, 3.63) is 48.0 Å². The fourth-order valence-electron chi connectivity index (χ4n) is 2.71. The van der Waals surface area contributed by atoms with Crippen molar-refractivity contribution in [1.29, 1.82) is 0 Å². The lowest BCUT2D eigenvalue weighted by molar-refractivity contribution is -0.168. The Morgan fingerprint density at radius 3 is 2.68 bits per heavy atom. The van der Waals surface area contributed by atoms with Gasteiger partial charge in [0.1, 0.15) is 0 Å². The first-order valence-electron chi connectivity index (χ1n) is 8.34. The highest BCUT2D eigenvalue weighted by Crippen LogP contribution is 2.41. The number of para-hydroxylation sites is 2. The van der Waals surface area contributed by atoms with Crippen molar-refractivity contribution in [3.63, 3.8) is 0 Å². The van der Waals surface area contributed by atoms with Crippen LogP contribution in [0.2, 0.25) is 0 Å². The van der Waals surface area contributed by atoms with Gasteiger partial charge in [0.15, 0.2) is 11.5 Å². The van der Waals surface area contributed by atoms with E-state index >= 15 is 0 Å². The van der Waals surface area contributed by atoms with Crippen LogP contribution in [0.4, 0.5) is 11.4 Å². The maximum atomic E-state index is 12.0. The van der Waals surface area contributed by atoms with Gasteiger partial charge in [-0.2, -0.15) is 0 Å². The molecule has 25 heavy (non-hydrogen) atoms. The predicted molar refractivity (Wildman–Crippen MR) is 96.4 cm³/mol. The second-order valence-electron chi connectivity index (χ2n) is 6.41. The number of rotatable bonds is 6. The van der Waals surface area contributed by atoms with Crippen molar-refractivity contribution < 1.29 is 14.7 Å². The minimum absolute atomic E-state index is 0.138. The number of ether oxygens (including phenoxy) is 1. The summed E-state index contributed by atoms with van der Waals surface area (Å²) in [6, 6.07) is 13.3. The summed E-state index contributed by atoms with van der Waals surface area (Å²) in [5.41, 5.74) is 2.59. The van der Waals surface area contributed by atoms with Crippen LogP contribution in [0.15, 0.2) is 42.5 Å². The molecule has 1 heterocycles. The lowest BCUT2D eigenvalue weighted by Gasteiger charge is -2.23. The normalized spacial score (nSPS) is 12.0. The number of amides is 1. The van der Waals surface area contributed by atoms with Crippen molar-refractivity contribution in [2.45, 2.75) is 19.4 Å². The van der Waals surface area contributed by atoms with Gasteiger partial charge in [0.2, 0.25) is 5.91 Å². The maximum absolute atomic E-state index is 12.0. The number of hydrogen-bond donors (Lipinski definition) is 2. The first-order chi connectivity index (χ1) is 12.0. The van der Waals surface area contributed by atoms with Crippen LogP contribution < -0.4 is 10.1 Å². The third kappa shape index (κ3) is 4.29. The molecule has 2 N–H and O–H groups in total. The zero-order valence-corrected chi connectivity index (χ0v) is 14.5. The molecule has 0 bridgehead atoms. The van der Waals surface area contributed by atoms with Crippen LogP contribution in [-0.4, -0.2) is 41.7 Å². The highest BCUT2D eigenvalue weighted by atomic mass is 16.5. The summed E-state index contributed by atoms with van der Waals surface area (Å²) in [7, 11) is 3.92. The average Bonchev–Trinajstić information content (AvgIpc) is 2.59. The third-order valence-electron chi connectivity index (χ3n) is 4.04. The van der Waals surface area contributed by atoms with E-state index < -0.39 is 0 Å². The molecule has 2 aromatic rings. The molecule has 1 aliphatic heterocycles.